The Kier molecular flexibility index (Phi) is 3.76. The zero-order valence-corrected chi connectivity index (χ0v) is 13.5. The first-order valence-electron chi connectivity index (χ1n) is 8.30. The number of likely N-dealkylation sites (tertiary alicyclic amines) is 1. The van der Waals surface area contributed by atoms with Crippen LogP contribution in [0.2, 0.25) is 0 Å². The highest BCUT2D eigenvalue weighted by atomic mass is 16.5. The summed E-state index contributed by atoms with van der Waals surface area (Å²) in [6.45, 7) is 2.70. The molecule has 124 valence electrons. The molecular formula is C17H19N5O2. The monoisotopic (exact) mass is 325 g/mol. The molecule has 3 heterocycles. The van der Waals surface area contributed by atoms with Crippen LogP contribution in [0, 0.1) is 0 Å². The normalized spacial score (nSPS) is 17.7. The van der Waals surface area contributed by atoms with Gasteiger partial charge in [0.1, 0.15) is 0 Å². The van der Waals surface area contributed by atoms with Crippen LogP contribution in [0.1, 0.15) is 43.2 Å². The number of benzene rings is 1. The number of hydrogen-bond acceptors (Lipinski definition) is 5. The Morgan fingerprint density at radius 3 is 3.12 bits per heavy atom. The van der Waals surface area contributed by atoms with Gasteiger partial charge in [-0.1, -0.05) is 30.3 Å². The van der Waals surface area contributed by atoms with Gasteiger partial charge in [0.05, 0.1) is 23.7 Å². The lowest BCUT2D eigenvalue weighted by Crippen LogP contribution is -2.32. The lowest BCUT2D eigenvalue weighted by atomic mass is 10.1. The van der Waals surface area contributed by atoms with Crippen LogP contribution in [0.15, 0.2) is 28.8 Å². The molecule has 0 unspecified atom stereocenters. The predicted octanol–water partition coefficient (Wildman–Crippen LogP) is 2.41. The molecule has 1 aromatic carbocycles. The van der Waals surface area contributed by atoms with Crippen LogP contribution in [0.4, 0.5) is 0 Å². The number of fused-ring (bicyclic) bond motifs is 1. The molecule has 1 amide bonds. The van der Waals surface area contributed by atoms with Crippen molar-refractivity contribution >= 4 is 16.8 Å². The highest BCUT2D eigenvalue weighted by Crippen LogP contribution is 2.31. The molecule has 1 fully saturated rings. The van der Waals surface area contributed by atoms with Crippen LogP contribution in [0.25, 0.3) is 10.9 Å². The third kappa shape index (κ3) is 2.55. The summed E-state index contributed by atoms with van der Waals surface area (Å²) in [4.78, 5) is 19.1. The van der Waals surface area contributed by atoms with Crippen molar-refractivity contribution in [3.8, 4) is 0 Å². The van der Waals surface area contributed by atoms with Gasteiger partial charge in [-0.2, -0.15) is 10.1 Å². The first-order valence-corrected chi connectivity index (χ1v) is 8.30. The first kappa shape index (κ1) is 14.9. The van der Waals surface area contributed by atoms with Crippen molar-refractivity contribution in [2.24, 2.45) is 0 Å². The number of H-pyrrole nitrogens is 1. The molecule has 1 atom stereocenters. The first-order chi connectivity index (χ1) is 11.8. The lowest BCUT2D eigenvalue weighted by molar-refractivity contribution is -0.131. The second kappa shape index (κ2) is 6.07. The number of aromatic nitrogens is 4. The lowest BCUT2D eigenvalue weighted by Gasteiger charge is -2.22. The molecule has 24 heavy (non-hydrogen) atoms. The van der Waals surface area contributed by atoms with Gasteiger partial charge >= 0.3 is 0 Å². The van der Waals surface area contributed by atoms with Crippen molar-refractivity contribution < 1.29 is 9.32 Å². The number of amides is 1. The molecule has 7 heteroatoms. The summed E-state index contributed by atoms with van der Waals surface area (Å²) in [5.41, 5.74) is 1.73. The third-order valence-electron chi connectivity index (χ3n) is 4.53. The number of aromatic amines is 1. The van der Waals surface area contributed by atoms with Gasteiger partial charge in [0.25, 0.3) is 0 Å². The Labute approximate surface area is 139 Å². The van der Waals surface area contributed by atoms with E-state index in [0.717, 1.165) is 36.0 Å². The quantitative estimate of drug-likeness (QED) is 0.796. The maximum absolute atomic E-state index is 12.8. The Morgan fingerprint density at radius 1 is 1.42 bits per heavy atom. The van der Waals surface area contributed by atoms with Gasteiger partial charge in [0.15, 0.2) is 5.82 Å². The number of carbonyl (C=O) groups is 1. The number of aryl methyl sites for hydroxylation is 1. The smallest absolute Gasteiger partial charge is 0.229 e. The van der Waals surface area contributed by atoms with Gasteiger partial charge < -0.3 is 9.42 Å². The van der Waals surface area contributed by atoms with Crippen molar-refractivity contribution in [1.29, 1.82) is 0 Å². The molecule has 3 aromatic rings. The maximum Gasteiger partial charge on any atom is 0.229 e. The Bertz CT molecular complexity index is 869. The van der Waals surface area contributed by atoms with Gasteiger partial charge in [-0.25, -0.2) is 0 Å². The molecule has 0 radical (unpaired) electrons. The van der Waals surface area contributed by atoms with Gasteiger partial charge in [-0.15, -0.1) is 0 Å². The molecular weight excluding hydrogens is 306 g/mol. The van der Waals surface area contributed by atoms with E-state index in [-0.39, 0.29) is 11.9 Å². The van der Waals surface area contributed by atoms with E-state index in [0.29, 0.717) is 24.6 Å². The predicted molar refractivity (Wildman–Crippen MR) is 87.2 cm³/mol. The summed E-state index contributed by atoms with van der Waals surface area (Å²) in [5.74, 6) is 1.30. The van der Waals surface area contributed by atoms with Gasteiger partial charge in [-0.3, -0.25) is 9.89 Å². The van der Waals surface area contributed by atoms with Gasteiger partial charge in [0.2, 0.25) is 11.8 Å². The molecule has 1 N–H and O–H groups in total. The minimum Gasteiger partial charge on any atom is -0.339 e. The van der Waals surface area contributed by atoms with Crippen molar-refractivity contribution in [2.45, 2.75) is 38.6 Å². The van der Waals surface area contributed by atoms with E-state index in [2.05, 4.69) is 20.3 Å². The van der Waals surface area contributed by atoms with Crippen LogP contribution < -0.4 is 0 Å². The Morgan fingerprint density at radius 2 is 2.29 bits per heavy atom. The summed E-state index contributed by atoms with van der Waals surface area (Å²) >= 11 is 0. The number of nitrogens with one attached hydrogen (secondary N) is 1. The highest BCUT2D eigenvalue weighted by Gasteiger charge is 2.33. The maximum atomic E-state index is 12.8. The fourth-order valence-electron chi connectivity index (χ4n) is 3.28. The second-order valence-electron chi connectivity index (χ2n) is 6.04. The van der Waals surface area contributed by atoms with Crippen LogP contribution in [0.3, 0.4) is 0 Å². The average molecular weight is 325 g/mol. The zero-order chi connectivity index (χ0) is 16.5. The van der Waals surface area contributed by atoms with Crippen LogP contribution in [-0.4, -0.2) is 37.7 Å². The number of rotatable bonds is 4. The van der Waals surface area contributed by atoms with Crippen molar-refractivity contribution in [3.05, 3.63) is 41.7 Å². The van der Waals surface area contributed by atoms with E-state index in [1.807, 2.05) is 36.1 Å². The Hall–Kier alpha value is -2.70. The minimum atomic E-state index is -0.0873. The molecule has 0 saturated carbocycles. The van der Waals surface area contributed by atoms with Crippen LogP contribution in [-0.2, 0) is 17.6 Å². The van der Waals surface area contributed by atoms with Crippen molar-refractivity contribution in [2.75, 3.05) is 6.54 Å². The Balaban J connectivity index is 1.54. The molecule has 2 aromatic heterocycles. The number of nitrogens with zero attached hydrogens (tertiary/aromatic N) is 4. The van der Waals surface area contributed by atoms with Crippen molar-refractivity contribution in [3.63, 3.8) is 0 Å². The van der Waals surface area contributed by atoms with E-state index in [9.17, 15) is 4.79 Å². The number of hydrogen-bond donors (Lipinski definition) is 1. The van der Waals surface area contributed by atoms with E-state index in [1.165, 1.54) is 0 Å². The molecule has 1 saturated heterocycles. The van der Waals surface area contributed by atoms with E-state index < -0.39 is 0 Å². The largest absolute Gasteiger partial charge is 0.339 e. The van der Waals surface area contributed by atoms with E-state index in [4.69, 9.17) is 4.52 Å². The second-order valence-corrected chi connectivity index (χ2v) is 6.04. The fraction of sp³-hybridized carbons (Fsp3) is 0.412. The molecule has 0 spiro atoms. The average Bonchev–Trinajstić information content (AvgIpc) is 3.34. The third-order valence-corrected chi connectivity index (χ3v) is 4.53. The summed E-state index contributed by atoms with van der Waals surface area (Å²) in [6.07, 6.45) is 2.83. The summed E-state index contributed by atoms with van der Waals surface area (Å²) < 4.78 is 5.20. The standard InChI is InChI=1S/C17H19N5O2/c1-2-15-18-17(21-24-15)14-8-5-9-22(14)16(23)10-13-11-6-3-4-7-12(11)19-20-13/h3-4,6-7,14H,2,5,8-10H2,1H3,(H,19,20)/t14-/m1/s1. The SMILES string of the molecule is CCc1nc([C@H]2CCCN2C(=O)Cc2[nH]nc3ccccc23)no1. The molecule has 0 aliphatic carbocycles. The van der Waals surface area contributed by atoms with Gasteiger partial charge in [-0.05, 0) is 18.9 Å². The molecule has 4 rings (SSSR count). The molecule has 1 aliphatic heterocycles. The van der Waals surface area contributed by atoms with Gasteiger partial charge in [0, 0.05) is 18.4 Å². The summed E-state index contributed by atoms with van der Waals surface area (Å²) in [6, 6.07) is 7.72. The summed E-state index contributed by atoms with van der Waals surface area (Å²) in [7, 11) is 0. The zero-order valence-electron chi connectivity index (χ0n) is 13.5. The van der Waals surface area contributed by atoms with E-state index in [1.54, 1.807) is 0 Å². The number of carbonyl (C=O) groups excluding carboxylic acids is 1. The number of para-hydroxylation sites is 1. The molecule has 0 bridgehead atoms. The van der Waals surface area contributed by atoms with Crippen LogP contribution >= 0.6 is 0 Å². The topological polar surface area (TPSA) is 87.9 Å². The fourth-order valence-corrected chi connectivity index (χ4v) is 3.28. The van der Waals surface area contributed by atoms with Crippen LogP contribution in [0.5, 0.6) is 0 Å². The molecule has 1 aliphatic rings. The van der Waals surface area contributed by atoms with E-state index >= 15 is 0 Å². The summed E-state index contributed by atoms with van der Waals surface area (Å²) in [5, 5.41) is 12.3. The van der Waals surface area contributed by atoms with Crippen molar-refractivity contribution in [1.82, 2.24) is 25.2 Å². The highest BCUT2D eigenvalue weighted by molar-refractivity contribution is 5.87. The minimum absolute atomic E-state index is 0.0646. The molecule has 7 nitrogen and oxygen atoms in total.